The maximum Gasteiger partial charge on any atom is 0.331 e. The molecule has 0 aromatic rings. The molecule has 4 nitrogen and oxygen atoms in total. The average Bonchev–Trinajstić information content (AvgIpc) is 2.46. The molecule has 0 rings (SSSR count). The normalized spacial score (nSPS) is 9.80. The summed E-state index contributed by atoms with van der Waals surface area (Å²) < 4.78 is 9.65. The Bertz CT molecular complexity index is 233. The summed E-state index contributed by atoms with van der Waals surface area (Å²) in [5, 5.41) is 0. The van der Waals surface area contributed by atoms with E-state index in [-0.39, 0.29) is 0 Å². The lowest BCUT2D eigenvalue weighted by molar-refractivity contribution is -0.140. The third kappa shape index (κ3) is 19.0. The van der Waals surface area contributed by atoms with Crippen LogP contribution in [-0.2, 0) is 19.1 Å². The summed E-state index contributed by atoms with van der Waals surface area (Å²) in [5.41, 5.74) is 0. The van der Waals surface area contributed by atoms with Crippen LogP contribution in [0.1, 0.15) is 66.2 Å². The Balaban J connectivity index is 0. The molecular formula is C16H30O4. The zero-order valence-corrected chi connectivity index (χ0v) is 13.4. The minimum atomic E-state index is -0.499. The van der Waals surface area contributed by atoms with E-state index in [9.17, 15) is 9.59 Å². The number of esters is 2. The number of hydrogen-bond donors (Lipinski definition) is 0. The summed E-state index contributed by atoms with van der Waals surface area (Å²) >= 11 is 0. The molecule has 0 N–H and O–H groups in total. The Morgan fingerprint density at radius 3 is 1.30 bits per heavy atom. The molecule has 118 valence electrons. The lowest BCUT2D eigenvalue weighted by Gasteiger charge is -2.00. The number of carbonyl (C=O) groups excluding carboxylic acids is 2. The zero-order valence-electron chi connectivity index (χ0n) is 13.4. The molecule has 0 heterocycles. The molecule has 0 unspecified atom stereocenters. The van der Waals surface area contributed by atoms with Gasteiger partial charge in [0.1, 0.15) is 0 Å². The summed E-state index contributed by atoms with van der Waals surface area (Å²) in [7, 11) is 0. The van der Waals surface area contributed by atoms with Gasteiger partial charge in [0, 0.05) is 12.2 Å². The first-order valence-electron chi connectivity index (χ1n) is 7.63. The van der Waals surface area contributed by atoms with Gasteiger partial charge in [-0.15, -0.1) is 0 Å². The predicted molar refractivity (Wildman–Crippen MR) is 81.5 cm³/mol. The molecule has 0 bridgehead atoms. The molecule has 0 aromatic carbocycles. The quantitative estimate of drug-likeness (QED) is 0.365. The zero-order chi connectivity index (χ0) is 15.6. The van der Waals surface area contributed by atoms with E-state index >= 15 is 0 Å². The fourth-order valence-electron chi connectivity index (χ4n) is 0.867. The van der Waals surface area contributed by atoms with Crippen LogP contribution in [-0.4, -0.2) is 25.2 Å². The van der Waals surface area contributed by atoms with E-state index in [1.807, 2.05) is 13.8 Å². The standard InChI is InChI=1S/C12H20O4.C4H10/c1-3-5-9-15-11(13)7-8-12(14)16-10-6-4-2;1-3-4-2/h7-8H,3-6,9-10H2,1-2H3;3-4H2,1-2H3/b8-7-;. The van der Waals surface area contributed by atoms with Gasteiger partial charge in [-0.25, -0.2) is 9.59 Å². The lowest BCUT2D eigenvalue weighted by Crippen LogP contribution is -2.05. The summed E-state index contributed by atoms with van der Waals surface area (Å²) in [5.74, 6) is -0.998. The molecule has 0 aliphatic carbocycles. The highest BCUT2D eigenvalue weighted by molar-refractivity contribution is 5.91. The highest BCUT2D eigenvalue weighted by Gasteiger charge is 2.00. The smallest absolute Gasteiger partial charge is 0.331 e. The molecule has 0 fully saturated rings. The monoisotopic (exact) mass is 286 g/mol. The number of carbonyl (C=O) groups is 2. The Morgan fingerprint density at radius 2 is 1.05 bits per heavy atom. The molecule has 0 saturated carbocycles. The van der Waals surface area contributed by atoms with Crippen molar-refractivity contribution in [2.45, 2.75) is 66.2 Å². The van der Waals surface area contributed by atoms with Crippen LogP contribution >= 0.6 is 0 Å². The second-order valence-corrected chi connectivity index (χ2v) is 4.38. The molecule has 0 amide bonds. The van der Waals surface area contributed by atoms with Gasteiger partial charge in [0.05, 0.1) is 13.2 Å². The molecule has 0 aliphatic rings. The highest BCUT2D eigenvalue weighted by atomic mass is 16.5. The van der Waals surface area contributed by atoms with Gasteiger partial charge in [-0.1, -0.05) is 53.4 Å². The third-order valence-electron chi connectivity index (χ3n) is 2.34. The van der Waals surface area contributed by atoms with Gasteiger partial charge in [-0.05, 0) is 12.8 Å². The SMILES string of the molecule is CCCC.CCCCOC(=O)/C=C\C(=O)OCCCC. The Labute approximate surface area is 123 Å². The van der Waals surface area contributed by atoms with Crippen molar-refractivity contribution >= 4 is 11.9 Å². The fourth-order valence-corrected chi connectivity index (χ4v) is 0.867. The second-order valence-electron chi connectivity index (χ2n) is 4.38. The van der Waals surface area contributed by atoms with Crippen LogP contribution in [0.3, 0.4) is 0 Å². The largest absolute Gasteiger partial charge is 0.463 e. The van der Waals surface area contributed by atoms with Crippen molar-refractivity contribution in [1.29, 1.82) is 0 Å². The van der Waals surface area contributed by atoms with E-state index in [2.05, 4.69) is 13.8 Å². The Kier molecular flexibility index (Phi) is 18.6. The number of unbranched alkanes of at least 4 members (excludes halogenated alkanes) is 3. The Morgan fingerprint density at radius 1 is 0.700 bits per heavy atom. The topological polar surface area (TPSA) is 52.6 Å². The molecule has 4 heteroatoms. The van der Waals surface area contributed by atoms with Gasteiger partial charge in [-0.2, -0.15) is 0 Å². The maximum absolute atomic E-state index is 11.0. The van der Waals surface area contributed by atoms with Gasteiger partial charge in [-0.3, -0.25) is 0 Å². The van der Waals surface area contributed by atoms with Crippen LogP contribution in [0.15, 0.2) is 12.2 Å². The van der Waals surface area contributed by atoms with Gasteiger partial charge in [0.25, 0.3) is 0 Å². The summed E-state index contributed by atoms with van der Waals surface area (Å²) in [6, 6.07) is 0. The third-order valence-corrected chi connectivity index (χ3v) is 2.34. The molecule has 0 saturated heterocycles. The maximum atomic E-state index is 11.0. The minimum Gasteiger partial charge on any atom is -0.463 e. The van der Waals surface area contributed by atoms with Crippen molar-refractivity contribution in [3.05, 3.63) is 12.2 Å². The predicted octanol–water partition coefficient (Wildman–Crippen LogP) is 4.04. The first-order valence-corrected chi connectivity index (χ1v) is 7.63. The summed E-state index contributed by atoms with van der Waals surface area (Å²) in [6.45, 7) is 9.17. The van der Waals surface area contributed by atoms with E-state index < -0.39 is 11.9 Å². The van der Waals surface area contributed by atoms with Crippen molar-refractivity contribution in [3.8, 4) is 0 Å². The van der Waals surface area contributed by atoms with E-state index in [4.69, 9.17) is 9.47 Å². The first-order chi connectivity index (χ1) is 9.62. The van der Waals surface area contributed by atoms with Crippen LogP contribution in [0, 0.1) is 0 Å². The van der Waals surface area contributed by atoms with Crippen LogP contribution in [0.5, 0.6) is 0 Å². The van der Waals surface area contributed by atoms with E-state index in [0.717, 1.165) is 37.8 Å². The summed E-state index contributed by atoms with van der Waals surface area (Å²) in [6.07, 6.45) is 8.45. The number of rotatable bonds is 9. The molecule has 0 radical (unpaired) electrons. The molecule has 0 aliphatic heterocycles. The van der Waals surface area contributed by atoms with Crippen molar-refractivity contribution in [2.24, 2.45) is 0 Å². The highest BCUT2D eigenvalue weighted by Crippen LogP contribution is 1.92. The van der Waals surface area contributed by atoms with Crippen LogP contribution in [0.2, 0.25) is 0 Å². The number of ether oxygens (including phenoxy) is 2. The average molecular weight is 286 g/mol. The molecule has 0 aromatic heterocycles. The van der Waals surface area contributed by atoms with Crippen molar-refractivity contribution in [3.63, 3.8) is 0 Å². The van der Waals surface area contributed by atoms with Crippen LogP contribution in [0.25, 0.3) is 0 Å². The van der Waals surface area contributed by atoms with Gasteiger partial charge in [0.2, 0.25) is 0 Å². The van der Waals surface area contributed by atoms with E-state index in [1.165, 1.54) is 12.8 Å². The first kappa shape index (κ1) is 21.0. The summed E-state index contributed by atoms with van der Waals surface area (Å²) in [4.78, 5) is 22.1. The molecule has 0 spiro atoms. The van der Waals surface area contributed by atoms with Crippen LogP contribution in [0.4, 0.5) is 0 Å². The van der Waals surface area contributed by atoms with Crippen molar-refractivity contribution < 1.29 is 19.1 Å². The van der Waals surface area contributed by atoms with Crippen molar-refractivity contribution in [2.75, 3.05) is 13.2 Å². The Hall–Kier alpha value is -1.32. The molecular weight excluding hydrogens is 256 g/mol. The fraction of sp³-hybridized carbons (Fsp3) is 0.750. The van der Waals surface area contributed by atoms with E-state index in [0.29, 0.717) is 13.2 Å². The minimum absolute atomic E-state index is 0.393. The number of hydrogen-bond acceptors (Lipinski definition) is 4. The second kappa shape index (κ2) is 17.7. The van der Waals surface area contributed by atoms with Gasteiger partial charge < -0.3 is 9.47 Å². The van der Waals surface area contributed by atoms with Crippen LogP contribution < -0.4 is 0 Å². The van der Waals surface area contributed by atoms with Crippen molar-refractivity contribution in [1.82, 2.24) is 0 Å². The molecule has 0 atom stereocenters. The van der Waals surface area contributed by atoms with Gasteiger partial charge >= 0.3 is 11.9 Å². The van der Waals surface area contributed by atoms with E-state index in [1.54, 1.807) is 0 Å². The lowest BCUT2D eigenvalue weighted by atomic mass is 10.4. The van der Waals surface area contributed by atoms with Gasteiger partial charge in [0.15, 0.2) is 0 Å². The molecule has 20 heavy (non-hydrogen) atoms.